The van der Waals surface area contributed by atoms with Gasteiger partial charge in [-0.25, -0.2) is 5.43 Å². The number of nitrogens with one attached hydrogen (secondary N) is 1. The molecule has 0 bridgehead atoms. The second-order valence-corrected chi connectivity index (χ2v) is 8.72. The van der Waals surface area contributed by atoms with Gasteiger partial charge in [0.2, 0.25) is 0 Å². The molecule has 178 valence electrons. The molecule has 0 radical (unpaired) electrons. The van der Waals surface area contributed by atoms with Gasteiger partial charge in [-0.3, -0.25) is 4.79 Å². The lowest BCUT2D eigenvalue weighted by molar-refractivity contribution is 0.0955. The smallest absolute Gasteiger partial charge is 0.271 e. The first-order valence-electron chi connectivity index (χ1n) is 11.5. The third-order valence-electron chi connectivity index (χ3n) is 5.88. The molecule has 4 aromatic carbocycles. The number of nitrogens with two attached hydrogens (primary N) is 1. The van der Waals surface area contributed by atoms with Gasteiger partial charge < -0.3 is 15.6 Å². The van der Waals surface area contributed by atoms with Crippen LogP contribution in [0.15, 0.2) is 84.0 Å². The van der Waals surface area contributed by atoms with E-state index in [4.69, 9.17) is 10.5 Å². The highest BCUT2D eigenvalue weighted by atomic mass is 16.5. The van der Waals surface area contributed by atoms with Crippen molar-refractivity contribution in [2.75, 3.05) is 5.73 Å². The lowest BCUT2D eigenvalue weighted by atomic mass is 10.0. The SMILES string of the molecule is CC(C)c1ccc(COCc2cccc3c(/C=N/NC(=O)c4ccc(O)c(N)c4)cccc23)cc1. The number of aromatic hydroxyl groups is 1. The van der Waals surface area contributed by atoms with Gasteiger partial charge in [0.1, 0.15) is 5.75 Å². The zero-order valence-corrected chi connectivity index (χ0v) is 19.9. The fourth-order valence-electron chi connectivity index (χ4n) is 3.84. The molecule has 4 rings (SSSR count). The summed E-state index contributed by atoms with van der Waals surface area (Å²) in [4.78, 5) is 12.3. The number of phenolic OH excluding ortho intramolecular Hbond substituents is 1. The first-order chi connectivity index (χ1) is 16.9. The highest BCUT2D eigenvalue weighted by Crippen LogP contribution is 2.23. The summed E-state index contributed by atoms with van der Waals surface area (Å²) in [6, 6.07) is 24.8. The van der Waals surface area contributed by atoms with Gasteiger partial charge in [0.05, 0.1) is 25.1 Å². The first-order valence-corrected chi connectivity index (χ1v) is 11.5. The molecule has 35 heavy (non-hydrogen) atoms. The number of carbonyl (C=O) groups is 1. The standard InChI is InChI=1S/C29H29N3O3/c1-19(2)21-11-9-20(10-12-21)17-35-18-24-6-4-7-25-23(5-3-8-26(24)25)16-31-32-29(34)22-13-14-28(33)27(30)15-22/h3-16,19,33H,17-18,30H2,1-2H3,(H,32,34)/b31-16+. The number of rotatable bonds is 8. The maximum Gasteiger partial charge on any atom is 0.271 e. The van der Waals surface area contributed by atoms with E-state index in [1.165, 1.54) is 23.8 Å². The molecule has 6 heteroatoms. The Morgan fingerprint density at radius 3 is 2.49 bits per heavy atom. The van der Waals surface area contributed by atoms with Gasteiger partial charge in [0.25, 0.3) is 5.91 Å². The quantitative estimate of drug-likeness (QED) is 0.133. The molecule has 0 aliphatic heterocycles. The number of ether oxygens (including phenoxy) is 1. The van der Waals surface area contributed by atoms with Crippen molar-refractivity contribution in [1.29, 1.82) is 0 Å². The Bertz CT molecular complexity index is 1360. The van der Waals surface area contributed by atoms with Gasteiger partial charge >= 0.3 is 0 Å². The van der Waals surface area contributed by atoms with Crippen LogP contribution in [0.4, 0.5) is 5.69 Å². The Kier molecular flexibility index (Phi) is 7.43. The summed E-state index contributed by atoms with van der Waals surface area (Å²) in [7, 11) is 0. The summed E-state index contributed by atoms with van der Waals surface area (Å²) >= 11 is 0. The first kappa shape index (κ1) is 24.0. The van der Waals surface area contributed by atoms with E-state index >= 15 is 0 Å². The Labute approximate surface area is 205 Å². The van der Waals surface area contributed by atoms with Crippen LogP contribution in [0, 0.1) is 0 Å². The molecule has 4 N–H and O–H groups in total. The summed E-state index contributed by atoms with van der Waals surface area (Å²) in [6.07, 6.45) is 1.62. The van der Waals surface area contributed by atoms with Crippen LogP contribution < -0.4 is 11.2 Å². The topological polar surface area (TPSA) is 96.9 Å². The number of hydrogen-bond donors (Lipinski definition) is 3. The molecule has 0 saturated heterocycles. The zero-order valence-electron chi connectivity index (χ0n) is 19.9. The van der Waals surface area contributed by atoms with Crippen LogP contribution in [0.5, 0.6) is 5.75 Å². The number of hydrazone groups is 1. The molecular formula is C29H29N3O3. The average molecular weight is 468 g/mol. The number of hydrogen-bond acceptors (Lipinski definition) is 5. The molecule has 0 aromatic heterocycles. The third-order valence-corrected chi connectivity index (χ3v) is 5.88. The van der Waals surface area contributed by atoms with Crippen molar-refractivity contribution in [3.05, 3.63) is 107 Å². The molecule has 0 heterocycles. The number of benzene rings is 4. The van der Waals surface area contributed by atoms with Gasteiger partial charge in [-0.15, -0.1) is 0 Å². The van der Waals surface area contributed by atoms with Crippen molar-refractivity contribution in [2.45, 2.75) is 33.0 Å². The number of fused-ring (bicyclic) bond motifs is 1. The summed E-state index contributed by atoms with van der Waals surface area (Å²) in [5.41, 5.74) is 13.0. The van der Waals surface area contributed by atoms with Crippen molar-refractivity contribution >= 4 is 28.6 Å². The average Bonchev–Trinajstić information content (AvgIpc) is 2.86. The predicted octanol–water partition coefficient (Wildman–Crippen LogP) is 5.73. The van der Waals surface area contributed by atoms with E-state index in [1.54, 1.807) is 6.21 Å². The Morgan fingerprint density at radius 2 is 1.74 bits per heavy atom. The molecule has 0 aliphatic carbocycles. The van der Waals surface area contributed by atoms with Crippen molar-refractivity contribution in [1.82, 2.24) is 5.43 Å². The maximum absolute atomic E-state index is 12.3. The van der Waals surface area contributed by atoms with Crippen molar-refractivity contribution in [2.24, 2.45) is 5.10 Å². The van der Waals surface area contributed by atoms with Crippen LogP contribution in [0.2, 0.25) is 0 Å². The highest BCUT2D eigenvalue weighted by Gasteiger charge is 2.08. The lowest BCUT2D eigenvalue weighted by Gasteiger charge is -2.10. The van der Waals surface area contributed by atoms with Gasteiger partial charge in [-0.1, -0.05) is 74.5 Å². The van der Waals surface area contributed by atoms with Crippen LogP contribution in [0.3, 0.4) is 0 Å². The fraction of sp³-hybridized carbons (Fsp3) is 0.172. The van der Waals surface area contributed by atoms with E-state index in [0.29, 0.717) is 24.7 Å². The summed E-state index contributed by atoms with van der Waals surface area (Å²) in [5.74, 6) is 0.0339. The fourth-order valence-corrected chi connectivity index (χ4v) is 3.84. The number of amides is 1. The Morgan fingerprint density at radius 1 is 1.00 bits per heavy atom. The van der Waals surface area contributed by atoms with Crippen LogP contribution in [0.25, 0.3) is 10.8 Å². The minimum Gasteiger partial charge on any atom is -0.506 e. The minimum absolute atomic E-state index is 0.0652. The van der Waals surface area contributed by atoms with Crippen molar-refractivity contribution in [3.8, 4) is 5.75 Å². The van der Waals surface area contributed by atoms with Gasteiger partial charge in [0, 0.05) is 11.1 Å². The van der Waals surface area contributed by atoms with Gasteiger partial charge in [-0.2, -0.15) is 5.10 Å². The summed E-state index contributed by atoms with van der Waals surface area (Å²) in [5, 5.41) is 15.7. The molecule has 0 aliphatic rings. The minimum atomic E-state index is -0.413. The normalized spacial score (nSPS) is 11.4. The molecule has 1 amide bonds. The van der Waals surface area contributed by atoms with Crippen LogP contribution in [-0.2, 0) is 18.0 Å². The Balaban J connectivity index is 1.43. The van der Waals surface area contributed by atoms with E-state index < -0.39 is 5.91 Å². The zero-order chi connectivity index (χ0) is 24.8. The van der Waals surface area contributed by atoms with E-state index in [9.17, 15) is 9.90 Å². The number of anilines is 1. The Hall–Kier alpha value is -4.16. The van der Waals surface area contributed by atoms with Gasteiger partial charge in [0.15, 0.2) is 0 Å². The predicted molar refractivity (Wildman–Crippen MR) is 141 cm³/mol. The van der Waals surface area contributed by atoms with Gasteiger partial charge in [-0.05, 0) is 51.6 Å². The lowest BCUT2D eigenvalue weighted by Crippen LogP contribution is -2.17. The number of carbonyl (C=O) groups excluding carboxylic acids is 1. The molecule has 4 aromatic rings. The number of nitrogens with zero attached hydrogens (tertiary/aromatic N) is 1. The van der Waals surface area contributed by atoms with E-state index in [-0.39, 0.29) is 11.4 Å². The molecule has 0 unspecified atom stereocenters. The molecular weight excluding hydrogens is 438 g/mol. The van der Waals surface area contributed by atoms with Crippen molar-refractivity contribution in [3.63, 3.8) is 0 Å². The van der Waals surface area contributed by atoms with E-state index in [2.05, 4.69) is 60.8 Å². The molecule has 0 saturated carbocycles. The number of nitrogen functional groups attached to an aromatic ring is 1. The summed E-state index contributed by atoms with van der Waals surface area (Å²) < 4.78 is 6.02. The molecule has 0 atom stereocenters. The third kappa shape index (κ3) is 5.86. The summed E-state index contributed by atoms with van der Waals surface area (Å²) in [6.45, 7) is 5.41. The van der Waals surface area contributed by atoms with Crippen LogP contribution in [-0.4, -0.2) is 17.2 Å². The highest BCUT2D eigenvalue weighted by molar-refractivity contribution is 6.02. The molecule has 6 nitrogen and oxygen atoms in total. The van der Waals surface area contributed by atoms with E-state index in [0.717, 1.165) is 27.5 Å². The number of phenols is 1. The van der Waals surface area contributed by atoms with E-state index in [1.807, 2.05) is 24.3 Å². The van der Waals surface area contributed by atoms with Crippen molar-refractivity contribution < 1.29 is 14.6 Å². The second-order valence-electron chi connectivity index (χ2n) is 8.72. The largest absolute Gasteiger partial charge is 0.506 e. The van der Waals surface area contributed by atoms with Crippen LogP contribution in [0.1, 0.15) is 52.4 Å². The monoisotopic (exact) mass is 467 g/mol. The molecule has 0 spiro atoms. The molecule has 0 fully saturated rings. The maximum atomic E-state index is 12.3. The van der Waals surface area contributed by atoms with Crippen LogP contribution >= 0.6 is 0 Å². The second kappa shape index (κ2) is 10.8.